The number of rotatable bonds is 7. The number of hydrogen-bond acceptors (Lipinski definition) is 5. The molecule has 0 aliphatic carbocycles. The Labute approximate surface area is 131 Å². The van der Waals surface area contributed by atoms with Gasteiger partial charge in [-0.2, -0.15) is 5.26 Å². The van der Waals surface area contributed by atoms with Gasteiger partial charge in [-0.05, 0) is 44.0 Å². The van der Waals surface area contributed by atoms with Crippen molar-refractivity contribution in [3.05, 3.63) is 29.3 Å². The number of nitriles is 1. The normalized spacial score (nSPS) is 11.0. The second-order valence-electron chi connectivity index (χ2n) is 4.88. The molecular weight excluding hydrogens is 282 g/mol. The van der Waals surface area contributed by atoms with E-state index in [1.165, 1.54) is 6.08 Å². The van der Waals surface area contributed by atoms with E-state index in [4.69, 9.17) is 19.5 Å². The van der Waals surface area contributed by atoms with Crippen LogP contribution in [0.5, 0.6) is 11.5 Å². The Bertz CT molecular complexity index is 585. The van der Waals surface area contributed by atoms with Gasteiger partial charge < -0.3 is 14.2 Å². The molecule has 5 nitrogen and oxygen atoms in total. The van der Waals surface area contributed by atoms with E-state index in [-0.39, 0.29) is 11.7 Å². The number of methoxy groups -OCH3 is 1. The molecule has 5 heteroatoms. The fraction of sp³-hybridized carbons (Fsp3) is 0.412. The lowest BCUT2D eigenvalue weighted by atomic mass is 10.1. The van der Waals surface area contributed by atoms with Crippen molar-refractivity contribution in [3.8, 4) is 17.6 Å². The lowest BCUT2D eigenvalue weighted by molar-refractivity contribution is -0.142. The number of ether oxygens (including phenoxy) is 3. The zero-order valence-corrected chi connectivity index (χ0v) is 13.4. The van der Waals surface area contributed by atoms with Gasteiger partial charge in [-0.1, -0.05) is 13.0 Å². The summed E-state index contributed by atoms with van der Waals surface area (Å²) in [5.74, 6) is 0.547. The number of nitrogens with zero attached hydrogens (tertiary/aromatic N) is 1. The van der Waals surface area contributed by atoms with Crippen LogP contribution in [0.15, 0.2) is 23.8 Å². The number of carbonyl (C=O) groups excluding carboxylic acids is 1. The lowest BCUT2D eigenvalue weighted by Gasteiger charge is -2.11. The van der Waals surface area contributed by atoms with E-state index in [0.717, 1.165) is 6.42 Å². The minimum Gasteiger partial charge on any atom is -0.493 e. The smallest absolute Gasteiger partial charge is 0.349 e. The highest BCUT2D eigenvalue weighted by Crippen LogP contribution is 2.29. The van der Waals surface area contributed by atoms with Crippen LogP contribution in [-0.2, 0) is 9.53 Å². The van der Waals surface area contributed by atoms with Crippen LogP contribution in [0.25, 0.3) is 6.08 Å². The number of hydrogen-bond donors (Lipinski definition) is 0. The Morgan fingerprint density at radius 2 is 2.09 bits per heavy atom. The summed E-state index contributed by atoms with van der Waals surface area (Å²) in [6.45, 7) is 6.03. The number of benzene rings is 1. The Morgan fingerprint density at radius 3 is 2.64 bits per heavy atom. The Balaban J connectivity index is 3.07. The summed E-state index contributed by atoms with van der Waals surface area (Å²) in [6, 6.07) is 7.08. The van der Waals surface area contributed by atoms with Crippen LogP contribution in [0.3, 0.4) is 0 Å². The van der Waals surface area contributed by atoms with E-state index >= 15 is 0 Å². The maximum Gasteiger partial charge on any atom is 0.349 e. The summed E-state index contributed by atoms with van der Waals surface area (Å²) >= 11 is 0. The maximum atomic E-state index is 11.8. The van der Waals surface area contributed by atoms with Gasteiger partial charge in [0.15, 0.2) is 11.5 Å². The summed E-state index contributed by atoms with van der Waals surface area (Å²) < 4.78 is 15.9. The van der Waals surface area contributed by atoms with Crippen molar-refractivity contribution in [2.75, 3.05) is 13.7 Å². The first-order valence-corrected chi connectivity index (χ1v) is 7.15. The molecule has 0 fully saturated rings. The topological polar surface area (TPSA) is 68.5 Å². The van der Waals surface area contributed by atoms with Gasteiger partial charge in [0.1, 0.15) is 11.6 Å². The zero-order valence-electron chi connectivity index (χ0n) is 13.4. The summed E-state index contributed by atoms with van der Waals surface area (Å²) in [4.78, 5) is 11.8. The van der Waals surface area contributed by atoms with Crippen LogP contribution in [0, 0.1) is 11.3 Å². The molecule has 0 spiro atoms. The molecule has 0 saturated carbocycles. The summed E-state index contributed by atoms with van der Waals surface area (Å²) in [5, 5.41) is 9.11. The molecule has 0 radical (unpaired) electrons. The van der Waals surface area contributed by atoms with Crippen LogP contribution in [-0.4, -0.2) is 25.8 Å². The third-order valence-electron chi connectivity index (χ3n) is 2.64. The lowest BCUT2D eigenvalue weighted by Crippen LogP contribution is -2.12. The van der Waals surface area contributed by atoms with Crippen molar-refractivity contribution in [1.29, 1.82) is 5.26 Å². The molecule has 0 aromatic heterocycles. The highest BCUT2D eigenvalue weighted by Gasteiger charge is 2.13. The molecule has 22 heavy (non-hydrogen) atoms. The van der Waals surface area contributed by atoms with Crippen molar-refractivity contribution in [2.24, 2.45) is 0 Å². The van der Waals surface area contributed by atoms with E-state index in [1.807, 2.05) is 13.0 Å². The molecule has 0 saturated heterocycles. The molecule has 0 N–H and O–H groups in total. The van der Waals surface area contributed by atoms with E-state index < -0.39 is 5.97 Å². The highest BCUT2D eigenvalue weighted by atomic mass is 16.5. The standard InChI is InChI=1S/C17H21NO4/c1-5-8-21-16-10-13(6-7-15(16)20-4)9-14(11-18)17(19)22-12(2)3/h6-7,9-10,12H,5,8H2,1-4H3. The first kappa shape index (κ1) is 17.6. The molecule has 0 bridgehead atoms. The average Bonchev–Trinajstić information content (AvgIpc) is 2.49. The molecule has 0 amide bonds. The van der Waals surface area contributed by atoms with Crippen molar-refractivity contribution < 1.29 is 19.0 Å². The van der Waals surface area contributed by atoms with E-state index in [9.17, 15) is 4.79 Å². The van der Waals surface area contributed by atoms with Gasteiger partial charge in [0.05, 0.1) is 19.8 Å². The molecule has 0 aliphatic rings. The van der Waals surface area contributed by atoms with Gasteiger partial charge in [-0.3, -0.25) is 0 Å². The van der Waals surface area contributed by atoms with E-state index in [0.29, 0.717) is 23.7 Å². The monoisotopic (exact) mass is 303 g/mol. The highest BCUT2D eigenvalue weighted by molar-refractivity contribution is 5.98. The van der Waals surface area contributed by atoms with Crippen molar-refractivity contribution in [3.63, 3.8) is 0 Å². The number of carbonyl (C=O) groups is 1. The fourth-order valence-electron chi connectivity index (χ4n) is 1.69. The van der Waals surface area contributed by atoms with Gasteiger partial charge in [0.25, 0.3) is 0 Å². The summed E-state index contributed by atoms with van der Waals surface area (Å²) in [7, 11) is 1.56. The van der Waals surface area contributed by atoms with Crippen molar-refractivity contribution in [2.45, 2.75) is 33.3 Å². The van der Waals surface area contributed by atoms with Crippen molar-refractivity contribution in [1.82, 2.24) is 0 Å². The SMILES string of the molecule is CCCOc1cc(C=C(C#N)C(=O)OC(C)C)ccc1OC. The van der Waals surface area contributed by atoms with Gasteiger partial charge >= 0.3 is 5.97 Å². The third-order valence-corrected chi connectivity index (χ3v) is 2.64. The minimum atomic E-state index is -0.635. The summed E-state index contributed by atoms with van der Waals surface area (Å²) in [6.07, 6.45) is 2.07. The van der Waals surface area contributed by atoms with E-state index in [2.05, 4.69) is 0 Å². The largest absolute Gasteiger partial charge is 0.493 e. The zero-order chi connectivity index (χ0) is 16.5. The second kappa shape index (κ2) is 8.73. The van der Waals surface area contributed by atoms with Crippen LogP contribution in [0.1, 0.15) is 32.8 Å². The third kappa shape index (κ3) is 5.13. The Kier molecular flexibility index (Phi) is 6.97. The predicted molar refractivity (Wildman–Crippen MR) is 83.6 cm³/mol. The first-order valence-electron chi connectivity index (χ1n) is 7.15. The van der Waals surface area contributed by atoms with Crippen LogP contribution >= 0.6 is 0 Å². The Hall–Kier alpha value is -2.48. The Morgan fingerprint density at radius 1 is 1.36 bits per heavy atom. The molecule has 0 aliphatic heterocycles. The molecule has 118 valence electrons. The molecule has 1 aromatic rings. The van der Waals surface area contributed by atoms with E-state index in [1.54, 1.807) is 39.2 Å². The molecular formula is C17H21NO4. The van der Waals surface area contributed by atoms with Gasteiger partial charge in [-0.25, -0.2) is 4.79 Å². The molecule has 1 rings (SSSR count). The maximum absolute atomic E-state index is 11.8. The van der Waals surface area contributed by atoms with Crippen molar-refractivity contribution >= 4 is 12.0 Å². The minimum absolute atomic E-state index is 0.0553. The van der Waals surface area contributed by atoms with Gasteiger partial charge in [-0.15, -0.1) is 0 Å². The average molecular weight is 303 g/mol. The predicted octanol–water partition coefficient (Wildman–Crippen LogP) is 3.34. The fourth-order valence-corrected chi connectivity index (χ4v) is 1.69. The van der Waals surface area contributed by atoms with Crippen LogP contribution in [0.2, 0.25) is 0 Å². The van der Waals surface area contributed by atoms with Gasteiger partial charge in [0.2, 0.25) is 0 Å². The second-order valence-corrected chi connectivity index (χ2v) is 4.88. The molecule has 0 unspecified atom stereocenters. The van der Waals surface area contributed by atoms with Crippen LogP contribution < -0.4 is 9.47 Å². The quantitative estimate of drug-likeness (QED) is 0.439. The van der Waals surface area contributed by atoms with Gasteiger partial charge in [0, 0.05) is 0 Å². The summed E-state index contributed by atoms with van der Waals surface area (Å²) in [5.41, 5.74) is 0.615. The molecule has 1 aromatic carbocycles. The first-order chi connectivity index (χ1) is 10.5. The molecule has 0 heterocycles. The number of esters is 1. The molecule has 0 atom stereocenters. The van der Waals surface area contributed by atoms with Crippen LogP contribution in [0.4, 0.5) is 0 Å².